The highest BCUT2D eigenvalue weighted by atomic mass is 127. The predicted molar refractivity (Wildman–Crippen MR) is 120 cm³/mol. The number of aryl methyl sites for hydroxylation is 1. The fourth-order valence-corrected chi connectivity index (χ4v) is 3.04. The first kappa shape index (κ1) is 21.7. The zero-order chi connectivity index (χ0) is 17.4. The summed E-state index contributed by atoms with van der Waals surface area (Å²) in [4.78, 5) is 12.4. The molecule has 1 aromatic heterocycles. The lowest BCUT2D eigenvalue weighted by Gasteiger charge is -2.14. The van der Waals surface area contributed by atoms with E-state index in [0.717, 1.165) is 30.5 Å². The third-order valence-electron chi connectivity index (χ3n) is 3.49. The summed E-state index contributed by atoms with van der Waals surface area (Å²) in [6.07, 6.45) is 2.84. The molecule has 0 saturated heterocycles. The minimum Gasteiger partial charge on any atom is -0.378 e. The summed E-state index contributed by atoms with van der Waals surface area (Å²) in [5.74, 6) is 0.848. The zero-order valence-electron chi connectivity index (χ0n) is 15.4. The summed E-state index contributed by atoms with van der Waals surface area (Å²) in [5, 5.41) is 7.84. The molecule has 0 aliphatic rings. The van der Waals surface area contributed by atoms with Crippen molar-refractivity contribution in [1.29, 1.82) is 0 Å². The van der Waals surface area contributed by atoms with Crippen LogP contribution in [0, 0.1) is 6.92 Å². The lowest BCUT2D eigenvalue weighted by Crippen LogP contribution is -2.38. The molecule has 7 heteroatoms. The van der Waals surface area contributed by atoms with Gasteiger partial charge in [0, 0.05) is 50.4 Å². The van der Waals surface area contributed by atoms with E-state index < -0.39 is 0 Å². The number of halogens is 1. The van der Waals surface area contributed by atoms with Crippen molar-refractivity contribution in [3.05, 3.63) is 45.9 Å². The van der Waals surface area contributed by atoms with E-state index in [9.17, 15) is 0 Å². The molecule has 5 nitrogen and oxygen atoms in total. The van der Waals surface area contributed by atoms with Gasteiger partial charge in [0.2, 0.25) is 0 Å². The SMILES string of the molecule is CCNC(=NCc1cccc(N(C)C)c1)NCCc1ncc(C)s1.I. The van der Waals surface area contributed by atoms with Crippen LogP contribution in [0.1, 0.15) is 22.4 Å². The highest BCUT2D eigenvalue weighted by molar-refractivity contribution is 14.0. The number of anilines is 1. The first-order chi connectivity index (χ1) is 11.6. The number of hydrogen-bond donors (Lipinski definition) is 2. The van der Waals surface area contributed by atoms with E-state index in [4.69, 9.17) is 0 Å². The minimum absolute atomic E-state index is 0. The topological polar surface area (TPSA) is 52.6 Å². The van der Waals surface area contributed by atoms with Gasteiger partial charge in [-0.1, -0.05) is 12.1 Å². The van der Waals surface area contributed by atoms with Crippen molar-refractivity contribution in [3.63, 3.8) is 0 Å². The third-order valence-corrected chi connectivity index (χ3v) is 4.46. The Bertz CT molecular complexity index is 669. The molecule has 0 amide bonds. The molecule has 2 rings (SSSR count). The number of guanidine groups is 1. The van der Waals surface area contributed by atoms with Gasteiger partial charge in [-0.15, -0.1) is 35.3 Å². The Labute approximate surface area is 172 Å². The van der Waals surface area contributed by atoms with Crippen LogP contribution in [0.25, 0.3) is 0 Å². The van der Waals surface area contributed by atoms with Crippen molar-refractivity contribution >= 4 is 47.0 Å². The number of rotatable bonds is 7. The van der Waals surface area contributed by atoms with Gasteiger partial charge < -0.3 is 15.5 Å². The van der Waals surface area contributed by atoms with Crippen LogP contribution in [-0.2, 0) is 13.0 Å². The Kier molecular flexibility index (Phi) is 9.81. The molecule has 0 aliphatic heterocycles. The second-order valence-electron chi connectivity index (χ2n) is 5.80. The number of nitrogens with zero attached hydrogens (tertiary/aromatic N) is 3. The lowest BCUT2D eigenvalue weighted by molar-refractivity contribution is 0.796. The molecule has 138 valence electrons. The molecule has 0 radical (unpaired) electrons. The van der Waals surface area contributed by atoms with Gasteiger partial charge in [-0.05, 0) is 31.5 Å². The maximum Gasteiger partial charge on any atom is 0.191 e. The maximum absolute atomic E-state index is 4.68. The predicted octanol–water partition coefficient (Wildman–Crippen LogP) is 3.43. The number of thiazole rings is 1. The van der Waals surface area contributed by atoms with Gasteiger partial charge in [0.15, 0.2) is 5.96 Å². The molecule has 0 aliphatic carbocycles. The first-order valence-electron chi connectivity index (χ1n) is 8.28. The van der Waals surface area contributed by atoms with Crippen molar-refractivity contribution in [2.45, 2.75) is 26.8 Å². The molecular formula is C18H28IN5S. The summed E-state index contributed by atoms with van der Waals surface area (Å²) >= 11 is 1.75. The molecule has 0 bridgehead atoms. The number of aromatic nitrogens is 1. The molecule has 0 saturated carbocycles. The largest absolute Gasteiger partial charge is 0.378 e. The van der Waals surface area contributed by atoms with Crippen LogP contribution >= 0.6 is 35.3 Å². The van der Waals surface area contributed by atoms with E-state index >= 15 is 0 Å². The van der Waals surface area contributed by atoms with E-state index in [1.807, 2.05) is 20.3 Å². The molecule has 0 atom stereocenters. The standard InChI is InChI=1S/C18H27N5S.HI/c1-5-19-18(20-10-9-17-21-12-14(2)24-17)22-13-15-7-6-8-16(11-15)23(3)4;/h6-8,11-12H,5,9-10,13H2,1-4H3,(H2,19,20,22);1H. The Balaban J connectivity index is 0.00000312. The molecular weight excluding hydrogens is 445 g/mol. The Morgan fingerprint density at radius 2 is 2.08 bits per heavy atom. The lowest BCUT2D eigenvalue weighted by atomic mass is 10.2. The van der Waals surface area contributed by atoms with Crippen LogP contribution in [0.3, 0.4) is 0 Å². The highest BCUT2D eigenvalue weighted by Crippen LogP contribution is 2.14. The normalized spacial score (nSPS) is 11.0. The Morgan fingerprint density at radius 1 is 1.28 bits per heavy atom. The average Bonchev–Trinajstić information content (AvgIpc) is 2.98. The van der Waals surface area contributed by atoms with Crippen molar-refractivity contribution in [2.24, 2.45) is 4.99 Å². The van der Waals surface area contributed by atoms with E-state index in [1.165, 1.54) is 16.1 Å². The molecule has 2 N–H and O–H groups in total. The van der Waals surface area contributed by atoms with Gasteiger partial charge in [0.25, 0.3) is 0 Å². The van der Waals surface area contributed by atoms with Gasteiger partial charge in [-0.3, -0.25) is 0 Å². The minimum atomic E-state index is 0. The van der Waals surface area contributed by atoms with Gasteiger partial charge in [0.1, 0.15) is 0 Å². The van der Waals surface area contributed by atoms with E-state index in [1.54, 1.807) is 11.3 Å². The highest BCUT2D eigenvalue weighted by Gasteiger charge is 2.02. The van der Waals surface area contributed by atoms with Crippen LogP contribution < -0.4 is 15.5 Å². The van der Waals surface area contributed by atoms with E-state index in [0.29, 0.717) is 6.54 Å². The van der Waals surface area contributed by atoms with Crippen LogP contribution in [0.4, 0.5) is 5.69 Å². The summed E-state index contributed by atoms with van der Waals surface area (Å²) in [6, 6.07) is 8.46. The monoisotopic (exact) mass is 473 g/mol. The van der Waals surface area contributed by atoms with Gasteiger partial charge in [-0.25, -0.2) is 9.98 Å². The summed E-state index contributed by atoms with van der Waals surface area (Å²) < 4.78 is 0. The van der Waals surface area contributed by atoms with Gasteiger partial charge in [-0.2, -0.15) is 0 Å². The second-order valence-corrected chi connectivity index (χ2v) is 7.12. The molecule has 0 spiro atoms. The van der Waals surface area contributed by atoms with Crippen LogP contribution in [0.2, 0.25) is 0 Å². The molecule has 0 unspecified atom stereocenters. The molecule has 25 heavy (non-hydrogen) atoms. The van der Waals surface area contributed by atoms with Crippen molar-refractivity contribution in [2.75, 3.05) is 32.1 Å². The number of benzene rings is 1. The number of nitrogens with one attached hydrogen (secondary N) is 2. The molecule has 1 aromatic carbocycles. The fraction of sp³-hybridized carbons (Fsp3) is 0.444. The first-order valence-corrected chi connectivity index (χ1v) is 9.10. The van der Waals surface area contributed by atoms with Crippen LogP contribution in [0.15, 0.2) is 35.5 Å². The van der Waals surface area contributed by atoms with Crippen LogP contribution in [-0.4, -0.2) is 38.1 Å². The maximum atomic E-state index is 4.68. The van der Waals surface area contributed by atoms with Gasteiger partial charge in [0.05, 0.1) is 11.6 Å². The molecule has 0 fully saturated rings. The molecule has 2 aromatic rings. The quantitative estimate of drug-likeness (QED) is 0.368. The fourth-order valence-electron chi connectivity index (χ4n) is 2.25. The number of hydrogen-bond acceptors (Lipinski definition) is 4. The van der Waals surface area contributed by atoms with Crippen molar-refractivity contribution in [1.82, 2.24) is 15.6 Å². The zero-order valence-corrected chi connectivity index (χ0v) is 18.5. The Morgan fingerprint density at radius 3 is 2.72 bits per heavy atom. The number of aliphatic imine (C=N–C) groups is 1. The smallest absolute Gasteiger partial charge is 0.191 e. The average molecular weight is 473 g/mol. The second kappa shape index (κ2) is 11.3. The van der Waals surface area contributed by atoms with Crippen molar-refractivity contribution in [3.8, 4) is 0 Å². The third kappa shape index (κ3) is 7.60. The van der Waals surface area contributed by atoms with E-state index in [-0.39, 0.29) is 24.0 Å². The van der Waals surface area contributed by atoms with Crippen molar-refractivity contribution < 1.29 is 0 Å². The molecule has 1 heterocycles. The van der Waals surface area contributed by atoms with E-state index in [2.05, 4.69) is 63.6 Å². The summed E-state index contributed by atoms with van der Waals surface area (Å²) in [5.41, 5.74) is 2.40. The summed E-state index contributed by atoms with van der Waals surface area (Å²) in [6.45, 7) is 6.50. The Hall–Kier alpha value is -1.35. The summed E-state index contributed by atoms with van der Waals surface area (Å²) in [7, 11) is 4.10. The van der Waals surface area contributed by atoms with Gasteiger partial charge >= 0.3 is 0 Å². The van der Waals surface area contributed by atoms with Crippen LogP contribution in [0.5, 0.6) is 0 Å².